The van der Waals surface area contributed by atoms with Gasteiger partial charge in [-0.3, -0.25) is 0 Å². The molecule has 1 N–H and O–H groups in total. The Kier molecular flexibility index (Phi) is 4.33. The Morgan fingerprint density at radius 2 is 1.89 bits per heavy atom. The summed E-state index contributed by atoms with van der Waals surface area (Å²) in [4.78, 5) is 0. The molecule has 1 aromatic rings. The molecule has 3 heteroatoms. The zero-order valence-electron chi connectivity index (χ0n) is 11.0. The molecule has 2 rings (SSSR count). The second kappa shape index (κ2) is 5.79. The quantitative estimate of drug-likeness (QED) is 0.853. The van der Waals surface area contributed by atoms with Crippen LogP contribution in [0.5, 0.6) is 0 Å². The Bertz CT molecular complexity index is 385. The Balaban J connectivity index is 2.28. The largest absolute Gasteiger partial charge is 0.310 e. The van der Waals surface area contributed by atoms with Gasteiger partial charge >= 0.3 is 0 Å². The van der Waals surface area contributed by atoms with Gasteiger partial charge in [-0.25, -0.2) is 8.78 Å². The van der Waals surface area contributed by atoms with E-state index in [4.69, 9.17) is 0 Å². The molecule has 0 bridgehead atoms. The van der Waals surface area contributed by atoms with Gasteiger partial charge in [0.05, 0.1) is 0 Å². The van der Waals surface area contributed by atoms with Gasteiger partial charge in [0.1, 0.15) is 11.6 Å². The third-order valence-corrected chi connectivity index (χ3v) is 4.02. The van der Waals surface area contributed by atoms with Crippen molar-refractivity contribution in [1.29, 1.82) is 0 Å². The minimum Gasteiger partial charge on any atom is -0.310 e. The molecular formula is C15H21F2N. The van der Waals surface area contributed by atoms with Crippen LogP contribution in [0.4, 0.5) is 8.78 Å². The predicted octanol–water partition coefficient (Wildman–Crippen LogP) is 4.05. The van der Waals surface area contributed by atoms with Crippen molar-refractivity contribution in [3.05, 3.63) is 35.4 Å². The molecule has 0 saturated heterocycles. The van der Waals surface area contributed by atoms with Crippen LogP contribution in [-0.4, -0.2) is 6.54 Å². The molecule has 3 unspecified atom stereocenters. The summed E-state index contributed by atoms with van der Waals surface area (Å²) in [5.41, 5.74) is 0.744. The standard InChI is InChI=1S/C15H21F2N/c1-3-18-15(14-6-4-5-10(14)2)11-7-12(16)9-13(17)8-11/h7-10,14-15,18H,3-6H2,1-2H3. The van der Waals surface area contributed by atoms with Gasteiger partial charge in [0, 0.05) is 12.1 Å². The molecular weight excluding hydrogens is 232 g/mol. The van der Waals surface area contributed by atoms with Crippen LogP contribution < -0.4 is 5.32 Å². The lowest BCUT2D eigenvalue weighted by Crippen LogP contribution is -2.29. The lowest BCUT2D eigenvalue weighted by molar-refractivity contribution is 0.304. The number of nitrogens with one attached hydrogen (secondary N) is 1. The number of benzene rings is 1. The van der Waals surface area contributed by atoms with E-state index in [1.54, 1.807) is 0 Å². The zero-order chi connectivity index (χ0) is 13.1. The smallest absolute Gasteiger partial charge is 0.126 e. The maximum atomic E-state index is 13.3. The molecule has 3 atom stereocenters. The Hall–Kier alpha value is -0.960. The van der Waals surface area contributed by atoms with E-state index in [0.717, 1.165) is 24.6 Å². The molecule has 1 aromatic carbocycles. The predicted molar refractivity (Wildman–Crippen MR) is 69.3 cm³/mol. The van der Waals surface area contributed by atoms with E-state index in [1.165, 1.54) is 25.0 Å². The van der Waals surface area contributed by atoms with E-state index in [0.29, 0.717) is 11.8 Å². The lowest BCUT2D eigenvalue weighted by atomic mass is 9.86. The van der Waals surface area contributed by atoms with Gasteiger partial charge in [0.15, 0.2) is 0 Å². The highest BCUT2D eigenvalue weighted by atomic mass is 19.1. The van der Waals surface area contributed by atoms with Crippen LogP contribution in [0.15, 0.2) is 18.2 Å². The zero-order valence-corrected chi connectivity index (χ0v) is 11.0. The molecule has 0 amide bonds. The number of hydrogen-bond acceptors (Lipinski definition) is 1. The summed E-state index contributed by atoms with van der Waals surface area (Å²) in [6.07, 6.45) is 3.56. The van der Waals surface area contributed by atoms with Gasteiger partial charge in [-0.1, -0.05) is 26.7 Å². The van der Waals surface area contributed by atoms with Crippen molar-refractivity contribution in [3.63, 3.8) is 0 Å². The summed E-state index contributed by atoms with van der Waals surface area (Å²) in [7, 11) is 0. The van der Waals surface area contributed by atoms with Crippen molar-refractivity contribution in [2.24, 2.45) is 11.8 Å². The fourth-order valence-electron chi connectivity index (χ4n) is 3.16. The average molecular weight is 253 g/mol. The van der Waals surface area contributed by atoms with Crippen molar-refractivity contribution < 1.29 is 8.78 Å². The van der Waals surface area contributed by atoms with Crippen molar-refractivity contribution in [2.75, 3.05) is 6.54 Å². The summed E-state index contributed by atoms with van der Waals surface area (Å²) in [6, 6.07) is 3.92. The van der Waals surface area contributed by atoms with Crippen molar-refractivity contribution in [2.45, 2.75) is 39.2 Å². The Labute approximate surface area is 108 Å². The Morgan fingerprint density at radius 1 is 1.22 bits per heavy atom. The topological polar surface area (TPSA) is 12.0 Å². The van der Waals surface area contributed by atoms with Crippen LogP contribution in [0.25, 0.3) is 0 Å². The van der Waals surface area contributed by atoms with Gasteiger partial charge in [0.25, 0.3) is 0 Å². The van der Waals surface area contributed by atoms with Gasteiger partial charge < -0.3 is 5.32 Å². The number of rotatable bonds is 4. The first-order chi connectivity index (χ1) is 8.61. The second-order valence-electron chi connectivity index (χ2n) is 5.31. The van der Waals surface area contributed by atoms with Gasteiger partial charge in [-0.2, -0.15) is 0 Å². The maximum Gasteiger partial charge on any atom is 0.126 e. The first-order valence-corrected chi connectivity index (χ1v) is 6.81. The van der Waals surface area contributed by atoms with Crippen LogP contribution in [0.2, 0.25) is 0 Å². The SMILES string of the molecule is CCNC(c1cc(F)cc(F)c1)C1CCCC1C. The van der Waals surface area contributed by atoms with Crippen LogP contribution >= 0.6 is 0 Å². The van der Waals surface area contributed by atoms with E-state index in [-0.39, 0.29) is 6.04 Å². The highest BCUT2D eigenvalue weighted by molar-refractivity contribution is 5.22. The van der Waals surface area contributed by atoms with Gasteiger partial charge in [-0.05, 0) is 42.5 Å². The van der Waals surface area contributed by atoms with Gasteiger partial charge in [-0.15, -0.1) is 0 Å². The summed E-state index contributed by atoms with van der Waals surface area (Å²) >= 11 is 0. The molecule has 0 aliphatic heterocycles. The molecule has 1 nitrogen and oxygen atoms in total. The normalized spacial score (nSPS) is 25.3. The van der Waals surface area contributed by atoms with E-state index in [9.17, 15) is 8.78 Å². The molecule has 18 heavy (non-hydrogen) atoms. The van der Waals surface area contributed by atoms with Crippen LogP contribution in [0, 0.1) is 23.5 Å². The maximum absolute atomic E-state index is 13.3. The highest BCUT2D eigenvalue weighted by Gasteiger charge is 2.31. The monoisotopic (exact) mass is 253 g/mol. The molecule has 0 spiro atoms. The number of halogens is 2. The summed E-state index contributed by atoms with van der Waals surface area (Å²) in [5, 5.41) is 3.39. The number of hydrogen-bond donors (Lipinski definition) is 1. The first-order valence-electron chi connectivity index (χ1n) is 6.81. The first kappa shape index (κ1) is 13.5. The van der Waals surface area contributed by atoms with Gasteiger partial charge in [0.2, 0.25) is 0 Å². The fourth-order valence-corrected chi connectivity index (χ4v) is 3.16. The van der Waals surface area contributed by atoms with Crippen LogP contribution in [-0.2, 0) is 0 Å². The lowest BCUT2D eigenvalue weighted by Gasteiger charge is -2.28. The van der Waals surface area contributed by atoms with Crippen LogP contribution in [0.3, 0.4) is 0 Å². The van der Waals surface area contributed by atoms with E-state index in [1.807, 2.05) is 6.92 Å². The molecule has 0 radical (unpaired) electrons. The molecule has 1 aliphatic rings. The molecule has 1 aliphatic carbocycles. The van der Waals surface area contributed by atoms with Crippen molar-refractivity contribution in [1.82, 2.24) is 5.32 Å². The minimum absolute atomic E-state index is 0.0673. The third kappa shape index (κ3) is 2.89. The summed E-state index contributed by atoms with van der Waals surface area (Å²) in [5.74, 6) is 0.114. The molecule has 100 valence electrons. The van der Waals surface area contributed by atoms with Crippen molar-refractivity contribution >= 4 is 0 Å². The second-order valence-corrected chi connectivity index (χ2v) is 5.31. The Morgan fingerprint density at radius 3 is 2.39 bits per heavy atom. The average Bonchev–Trinajstić information content (AvgIpc) is 2.71. The minimum atomic E-state index is -0.487. The summed E-state index contributed by atoms with van der Waals surface area (Å²) < 4.78 is 26.7. The van der Waals surface area contributed by atoms with E-state index in [2.05, 4.69) is 12.2 Å². The van der Waals surface area contributed by atoms with Crippen molar-refractivity contribution in [3.8, 4) is 0 Å². The molecule has 0 aromatic heterocycles. The fraction of sp³-hybridized carbons (Fsp3) is 0.600. The van der Waals surface area contributed by atoms with E-state index >= 15 is 0 Å². The third-order valence-electron chi connectivity index (χ3n) is 4.02. The summed E-state index contributed by atoms with van der Waals surface area (Å²) in [6.45, 7) is 5.08. The molecule has 1 saturated carbocycles. The van der Waals surface area contributed by atoms with Crippen LogP contribution in [0.1, 0.15) is 44.7 Å². The highest BCUT2D eigenvalue weighted by Crippen LogP contribution is 2.40. The molecule has 0 heterocycles. The molecule has 1 fully saturated rings. The van der Waals surface area contributed by atoms with E-state index < -0.39 is 11.6 Å².